The minimum Gasteiger partial charge on any atom is -0.303 e. The maximum absolute atomic E-state index is 4.43. The number of hydrogen-bond donors (Lipinski definition) is 0. The highest BCUT2D eigenvalue weighted by Gasteiger charge is 2.12. The van der Waals surface area contributed by atoms with Gasteiger partial charge in [0, 0.05) is 17.1 Å². The number of rotatable bonds is 5. The summed E-state index contributed by atoms with van der Waals surface area (Å²) < 4.78 is 2.05. The second kappa shape index (κ2) is 6.75. The Balaban J connectivity index is 1.55. The van der Waals surface area contributed by atoms with Crippen LogP contribution in [0.1, 0.15) is 37.1 Å². The maximum Gasteiger partial charge on any atom is 0.256 e. The average Bonchev–Trinajstić information content (AvgIpc) is 2.88. The Bertz CT molecular complexity index is 603. The zero-order valence-electron chi connectivity index (χ0n) is 12.9. The molecule has 0 spiro atoms. The van der Waals surface area contributed by atoms with Crippen LogP contribution in [0.5, 0.6) is 0 Å². The molecule has 2 aromatic heterocycles. The van der Waals surface area contributed by atoms with E-state index in [9.17, 15) is 0 Å². The van der Waals surface area contributed by atoms with Crippen molar-refractivity contribution in [1.82, 2.24) is 24.5 Å². The van der Waals surface area contributed by atoms with Crippen LogP contribution in [-0.2, 0) is 0 Å². The fourth-order valence-corrected chi connectivity index (χ4v) is 3.84. The summed E-state index contributed by atoms with van der Waals surface area (Å²) in [5.41, 5.74) is 2.15. The molecule has 114 valence electrons. The van der Waals surface area contributed by atoms with Gasteiger partial charge in [0.1, 0.15) is 0 Å². The molecular formula is C15H23N5S. The topological polar surface area (TPSA) is 46.3 Å². The molecule has 0 N–H and O–H groups in total. The van der Waals surface area contributed by atoms with Gasteiger partial charge in [-0.15, -0.1) is 10.2 Å². The molecule has 0 aromatic carbocycles. The van der Waals surface area contributed by atoms with Crippen LogP contribution in [0.2, 0.25) is 0 Å². The van der Waals surface area contributed by atoms with Gasteiger partial charge in [0.2, 0.25) is 0 Å². The first-order chi connectivity index (χ1) is 10.2. The van der Waals surface area contributed by atoms with E-state index in [1.54, 1.807) is 11.8 Å². The summed E-state index contributed by atoms with van der Waals surface area (Å²) in [7, 11) is 0. The fraction of sp³-hybridized carbons (Fsp3) is 0.667. The minimum atomic E-state index is 0.714. The molecule has 0 saturated carbocycles. The summed E-state index contributed by atoms with van der Waals surface area (Å²) in [5, 5.41) is 9.43. The van der Waals surface area contributed by atoms with Crippen LogP contribution in [-0.4, -0.2) is 49.9 Å². The molecule has 3 rings (SSSR count). The van der Waals surface area contributed by atoms with E-state index >= 15 is 0 Å². The molecule has 1 aliphatic heterocycles. The van der Waals surface area contributed by atoms with E-state index in [0.717, 1.165) is 22.3 Å². The van der Waals surface area contributed by atoms with Gasteiger partial charge in [0.05, 0.1) is 0 Å². The molecule has 5 nitrogen and oxygen atoms in total. The summed E-state index contributed by atoms with van der Waals surface area (Å²) in [6.07, 6.45) is 5.35. The van der Waals surface area contributed by atoms with Crippen LogP contribution in [0.25, 0.3) is 5.78 Å². The number of piperidine rings is 1. The molecule has 0 amide bonds. The van der Waals surface area contributed by atoms with Crippen molar-refractivity contribution >= 4 is 17.5 Å². The molecule has 1 aliphatic rings. The Morgan fingerprint density at radius 3 is 2.76 bits per heavy atom. The number of nitrogens with zero attached hydrogens (tertiary/aromatic N) is 5. The first-order valence-electron chi connectivity index (χ1n) is 7.78. The number of aryl methyl sites for hydroxylation is 2. The Kier molecular flexibility index (Phi) is 4.75. The smallest absolute Gasteiger partial charge is 0.256 e. The van der Waals surface area contributed by atoms with Gasteiger partial charge in [-0.25, -0.2) is 4.98 Å². The Labute approximate surface area is 130 Å². The third-order valence-corrected chi connectivity index (χ3v) is 4.98. The lowest BCUT2D eigenvalue weighted by atomic mass is 10.1. The van der Waals surface area contributed by atoms with Gasteiger partial charge in [-0.3, -0.25) is 4.40 Å². The normalized spacial score (nSPS) is 16.7. The number of likely N-dealkylation sites (tertiary alicyclic amines) is 1. The monoisotopic (exact) mass is 305 g/mol. The van der Waals surface area contributed by atoms with Crippen molar-refractivity contribution < 1.29 is 0 Å². The Morgan fingerprint density at radius 1 is 1.14 bits per heavy atom. The number of fused-ring (bicyclic) bond motifs is 1. The molecule has 0 unspecified atom stereocenters. The Hall–Kier alpha value is -1.14. The average molecular weight is 305 g/mol. The zero-order valence-corrected chi connectivity index (χ0v) is 13.7. The van der Waals surface area contributed by atoms with Crippen LogP contribution in [0.4, 0.5) is 0 Å². The van der Waals surface area contributed by atoms with Gasteiger partial charge in [-0.05, 0) is 58.8 Å². The largest absolute Gasteiger partial charge is 0.303 e. The van der Waals surface area contributed by atoms with Gasteiger partial charge >= 0.3 is 0 Å². The molecule has 6 heteroatoms. The number of hydrogen-bond acceptors (Lipinski definition) is 5. The molecule has 0 radical (unpaired) electrons. The molecule has 0 bridgehead atoms. The Morgan fingerprint density at radius 2 is 1.95 bits per heavy atom. The summed E-state index contributed by atoms with van der Waals surface area (Å²) in [6.45, 7) is 7.84. The van der Waals surface area contributed by atoms with E-state index < -0.39 is 0 Å². The van der Waals surface area contributed by atoms with E-state index in [1.807, 2.05) is 6.92 Å². The predicted octanol–water partition coefficient (Wildman–Crippen LogP) is 2.71. The maximum atomic E-state index is 4.43. The van der Waals surface area contributed by atoms with Gasteiger partial charge in [-0.2, -0.15) is 0 Å². The van der Waals surface area contributed by atoms with Crippen molar-refractivity contribution in [2.24, 2.45) is 0 Å². The minimum absolute atomic E-state index is 0.714. The van der Waals surface area contributed by atoms with Crippen LogP contribution < -0.4 is 0 Å². The third kappa shape index (κ3) is 3.55. The molecule has 3 heterocycles. The SMILES string of the molecule is Cc1cc(C)n2c(SCCCN3CCCCC3)nnc2n1. The lowest BCUT2D eigenvalue weighted by Crippen LogP contribution is -2.30. The van der Waals surface area contributed by atoms with Crippen LogP contribution in [0.15, 0.2) is 11.2 Å². The quantitative estimate of drug-likeness (QED) is 0.628. The summed E-state index contributed by atoms with van der Waals surface area (Å²) in [4.78, 5) is 7.01. The van der Waals surface area contributed by atoms with Crippen molar-refractivity contribution in [3.05, 3.63) is 17.5 Å². The molecule has 1 fully saturated rings. The van der Waals surface area contributed by atoms with E-state index in [2.05, 4.69) is 37.5 Å². The summed E-state index contributed by atoms with van der Waals surface area (Å²) in [5.74, 6) is 1.80. The second-order valence-electron chi connectivity index (χ2n) is 5.76. The van der Waals surface area contributed by atoms with Crippen LogP contribution >= 0.6 is 11.8 Å². The van der Waals surface area contributed by atoms with E-state index in [0.29, 0.717) is 5.78 Å². The van der Waals surface area contributed by atoms with Gasteiger partial charge in [-0.1, -0.05) is 18.2 Å². The van der Waals surface area contributed by atoms with Crippen molar-refractivity contribution in [3.63, 3.8) is 0 Å². The third-order valence-electron chi connectivity index (χ3n) is 3.96. The van der Waals surface area contributed by atoms with Crippen molar-refractivity contribution in [2.45, 2.75) is 44.7 Å². The van der Waals surface area contributed by atoms with E-state index in [-0.39, 0.29) is 0 Å². The first kappa shape index (κ1) is 14.8. The highest BCUT2D eigenvalue weighted by atomic mass is 32.2. The van der Waals surface area contributed by atoms with E-state index in [4.69, 9.17) is 0 Å². The second-order valence-corrected chi connectivity index (χ2v) is 6.82. The van der Waals surface area contributed by atoms with Crippen molar-refractivity contribution in [2.75, 3.05) is 25.4 Å². The van der Waals surface area contributed by atoms with E-state index in [1.165, 1.54) is 45.3 Å². The standard InChI is InChI=1S/C15H23N5S/c1-12-11-13(2)20-14(16-12)17-18-15(20)21-10-6-9-19-7-4-3-5-8-19/h11H,3-10H2,1-2H3. The molecule has 2 aromatic rings. The molecule has 1 saturated heterocycles. The number of thioether (sulfide) groups is 1. The summed E-state index contributed by atoms with van der Waals surface area (Å²) >= 11 is 1.79. The number of aromatic nitrogens is 4. The van der Waals surface area contributed by atoms with Crippen LogP contribution in [0, 0.1) is 13.8 Å². The van der Waals surface area contributed by atoms with Crippen LogP contribution in [0.3, 0.4) is 0 Å². The molecule has 0 aliphatic carbocycles. The zero-order chi connectivity index (χ0) is 14.7. The predicted molar refractivity (Wildman–Crippen MR) is 85.9 cm³/mol. The highest BCUT2D eigenvalue weighted by molar-refractivity contribution is 7.99. The van der Waals surface area contributed by atoms with Crippen molar-refractivity contribution in [1.29, 1.82) is 0 Å². The molecular weight excluding hydrogens is 282 g/mol. The van der Waals surface area contributed by atoms with Gasteiger partial charge < -0.3 is 4.90 Å². The lowest BCUT2D eigenvalue weighted by molar-refractivity contribution is 0.230. The van der Waals surface area contributed by atoms with Gasteiger partial charge in [0.25, 0.3) is 5.78 Å². The van der Waals surface area contributed by atoms with Crippen molar-refractivity contribution in [3.8, 4) is 0 Å². The molecule has 21 heavy (non-hydrogen) atoms. The highest BCUT2D eigenvalue weighted by Crippen LogP contribution is 2.19. The first-order valence-corrected chi connectivity index (χ1v) is 8.77. The molecule has 0 atom stereocenters. The summed E-state index contributed by atoms with van der Waals surface area (Å²) in [6, 6.07) is 2.08. The van der Waals surface area contributed by atoms with Gasteiger partial charge in [0.15, 0.2) is 5.16 Å². The fourth-order valence-electron chi connectivity index (χ4n) is 2.93. The lowest BCUT2D eigenvalue weighted by Gasteiger charge is -2.26.